The summed E-state index contributed by atoms with van der Waals surface area (Å²) in [7, 11) is -3.29. The highest BCUT2D eigenvalue weighted by molar-refractivity contribution is 7.92. The van der Waals surface area contributed by atoms with Gasteiger partial charge in [-0.05, 0) is 54.0 Å². The van der Waals surface area contributed by atoms with E-state index in [-0.39, 0.29) is 5.78 Å². The van der Waals surface area contributed by atoms with Gasteiger partial charge in [0.05, 0.1) is 17.3 Å². The van der Waals surface area contributed by atoms with Crippen LogP contribution in [-0.2, 0) is 10.0 Å². The van der Waals surface area contributed by atoms with Crippen molar-refractivity contribution in [2.24, 2.45) is 0 Å². The minimum Gasteiger partial charge on any atom is -0.338 e. The number of nitrogens with one attached hydrogen (secondary N) is 2. The first kappa shape index (κ1) is 20.6. The third-order valence-electron chi connectivity index (χ3n) is 4.77. The number of hydrogen-bond donors (Lipinski definition) is 2. The number of aromatic nitrogens is 2. The highest BCUT2D eigenvalue weighted by Crippen LogP contribution is 2.27. The second-order valence-electron chi connectivity index (χ2n) is 7.29. The van der Waals surface area contributed by atoms with E-state index in [0.717, 1.165) is 34.0 Å². The van der Waals surface area contributed by atoms with Gasteiger partial charge in [0, 0.05) is 11.3 Å². The molecule has 6 nitrogen and oxygen atoms in total. The number of imidazole rings is 1. The molecule has 0 fully saturated rings. The van der Waals surface area contributed by atoms with Crippen molar-refractivity contribution in [1.29, 1.82) is 0 Å². The van der Waals surface area contributed by atoms with E-state index in [1.54, 1.807) is 19.1 Å². The van der Waals surface area contributed by atoms with Gasteiger partial charge in [-0.15, -0.1) is 0 Å². The van der Waals surface area contributed by atoms with Crippen LogP contribution in [0.2, 0.25) is 0 Å². The Hall–Kier alpha value is -3.71. The number of anilines is 1. The fraction of sp³-hybridized carbons (Fsp3) is 0.0833. The van der Waals surface area contributed by atoms with Gasteiger partial charge in [-0.25, -0.2) is 13.4 Å². The first-order valence-corrected chi connectivity index (χ1v) is 11.5. The number of carbonyl (C=O) groups excluding carboxylic acids is 1. The standard InChI is InChI=1S/C24H21N3O3S/c1-16(28)20-5-3-4-6-21(20)18-10-13-22-23(15-18)26-24(25-22)14-9-17-7-11-19(12-8-17)27-31(2,29)30/h3-15,27H,1-2H3,(H,25,26)/b14-9+. The number of fused-ring (bicyclic) bond motifs is 1. The topological polar surface area (TPSA) is 91.9 Å². The predicted molar refractivity (Wildman–Crippen MR) is 125 cm³/mol. The second kappa shape index (κ2) is 8.20. The molecule has 0 bridgehead atoms. The van der Waals surface area contributed by atoms with Gasteiger partial charge in [0.1, 0.15) is 5.82 Å². The molecule has 31 heavy (non-hydrogen) atoms. The summed E-state index contributed by atoms with van der Waals surface area (Å²) in [6.07, 6.45) is 4.88. The van der Waals surface area contributed by atoms with Crippen LogP contribution in [0.4, 0.5) is 5.69 Å². The molecule has 0 saturated heterocycles. The van der Waals surface area contributed by atoms with Crippen LogP contribution in [0.5, 0.6) is 0 Å². The smallest absolute Gasteiger partial charge is 0.229 e. The molecule has 1 heterocycles. The first-order chi connectivity index (χ1) is 14.8. The molecular formula is C24H21N3O3S. The first-order valence-electron chi connectivity index (χ1n) is 9.64. The van der Waals surface area contributed by atoms with Crippen molar-refractivity contribution in [1.82, 2.24) is 9.97 Å². The van der Waals surface area contributed by atoms with Gasteiger partial charge in [0.25, 0.3) is 0 Å². The van der Waals surface area contributed by atoms with Crippen LogP contribution in [0.3, 0.4) is 0 Å². The fourth-order valence-corrected chi connectivity index (χ4v) is 3.93. The van der Waals surface area contributed by atoms with Crippen LogP contribution in [0, 0.1) is 0 Å². The molecule has 0 atom stereocenters. The maximum absolute atomic E-state index is 12.0. The molecule has 2 N–H and O–H groups in total. The number of benzene rings is 3. The SMILES string of the molecule is CC(=O)c1ccccc1-c1ccc2nc(/C=C/c3ccc(NS(C)(=O)=O)cc3)[nH]c2c1. The van der Waals surface area contributed by atoms with Crippen molar-refractivity contribution in [3.8, 4) is 11.1 Å². The van der Waals surface area contributed by atoms with Crippen molar-refractivity contribution < 1.29 is 13.2 Å². The summed E-state index contributed by atoms with van der Waals surface area (Å²) in [5, 5.41) is 0. The quantitative estimate of drug-likeness (QED) is 0.422. The number of carbonyl (C=O) groups is 1. The van der Waals surface area contributed by atoms with Crippen molar-refractivity contribution in [3.05, 3.63) is 83.7 Å². The number of hydrogen-bond acceptors (Lipinski definition) is 4. The summed E-state index contributed by atoms with van der Waals surface area (Å²) >= 11 is 0. The summed E-state index contributed by atoms with van der Waals surface area (Å²) in [5.41, 5.74) is 5.67. The molecule has 0 aliphatic carbocycles. The Labute approximate surface area is 180 Å². The lowest BCUT2D eigenvalue weighted by Gasteiger charge is -2.06. The number of aromatic amines is 1. The van der Waals surface area contributed by atoms with Crippen LogP contribution in [-0.4, -0.2) is 30.4 Å². The maximum atomic E-state index is 12.0. The summed E-state index contributed by atoms with van der Waals surface area (Å²) < 4.78 is 25.0. The van der Waals surface area contributed by atoms with Crippen LogP contribution >= 0.6 is 0 Å². The number of nitrogens with zero attached hydrogens (tertiary/aromatic N) is 1. The predicted octanol–water partition coefficient (Wildman–Crippen LogP) is 4.97. The number of ketones is 1. The van der Waals surface area contributed by atoms with E-state index in [1.807, 2.05) is 66.7 Å². The highest BCUT2D eigenvalue weighted by Gasteiger charge is 2.10. The van der Waals surface area contributed by atoms with Gasteiger partial charge >= 0.3 is 0 Å². The number of sulfonamides is 1. The zero-order valence-corrected chi connectivity index (χ0v) is 17.9. The third-order valence-corrected chi connectivity index (χ3v) is 5.37. The third kappa shape index (κ3) is 4.90. The molecule has 0 amide bonds. The summed E-state index contributed by atoms with van der Waals surface area (Å²) in [6.45, 7) is 1.57. The minimum atomic E-state index is -3.29. The Balaban J connectivity index is 1.58. The van der Waals surface area contributed by atoms with E-state index in [2.05, 4.69) is 14.7 Å². The van der Waals surface area contributed by atoms with Crippen molar-refractivity contribution >= 4 is 44.7 Å². The van der Waals surface area contributed by atoms with Gasteiger partial charge < -0.3 is 4.98 Å². The van der Waals surface area contributed by atoms with Gasteiger partial charge in [-0.2, -0.15) is 0 Å². The second-order valence-corrected chi connectivity index (χ2v) is 9.03. The minimum absolute atomic E-state index is 0.0293. The fourth-order valence-electron chi connectivity index (χ4n) is 3.37. The monoisotopic (exact) mass is 431 g/mol. The highest BCUT2D eigenvalue weighted by atomic mass is 32.2. The molecule has 0 aliphatic rings. The van der Waals surface area contributed by atoms with Crippen LogP contribution in [0.25, 0.3) is 34.3 Å². The molecule has 4 rings (SSSR count). The Morgan fingerprint density at radius 3 is 2.45 bits per heavy atom. The Bertz CT molecular complexity index is 1400. The Morgan fingerprint density at radius 1 is 1.00 bits per heavy atom. The molecule has 0 saturated carbocycles. The summed E-state index contributed by atoms with van der Waals surface area (Å²) in [5.74, 6) is 0.729. The van der Waals surface area contributed by atoms with Crippen molar-refractivity contribution in [2.45, 2.75) is 6.92 Å². The van der Waals surface area contributed by atoms with E-state index in [1.165, 1.54) is 0 Å². The molecule has 0 spiro atoms. The Morgan fingerprint density at radius 2 is 1.74 bits per heavy atom. The largest absolute Gasteiger partial charge is 0.338 e. The molecule has 3 aromatic carbocycles. The van der Waals surface area contributed by atoms with Gasteiger partial charge in [0.15, 0.2) is 5.78 Å². The van der Waals surface area contributed by atoms with E-state index in [9.17, 15) is 13.2 Å². The Kier molecular flexibility index (Phi) is 5.44. The lowest BCUT2D eigenvalue weighted by molar-refractivity contribution is 0.101. The lowest BCUT2D eigenvalue weighted by atomic mass is 9.97. The number of H-pyrrole nitrogens is 1. The molecular weight excluding hydrogens is 410 g/mol. The zero-order chi connectivity index (χ0) is 22.0. The number of rotatable bonds is 6. The molecule has 156 valence electrons. The average Bonchev–Trinajstić information content (AvgIpc) is 3.14. The van der Waals surface area contributed by atoms with E-state index < -0.39 is 10.0 Å². The van der Waals surface area contributed by atoms with Crippen molar-refractivity contribution in [3.63, 3.8) is 0 Å². The molecule has 7 heteroatoms. The summed E-state index contributed by atoms with van der Waals surface area (Å²) in [6, 6.07) is 20.5. The van der Waals surface area contributed by atoms with Gasteiger partial charge in [-0.1, -0.05) is 48.5 Å². The van der Waals surface area contributed by atoms with Crippen molar-refractivity contribution in [2.75, 3.05) is 11.0 Å². The van der Waals surface area contributed by atoms with Crippen LogP contribution < -0.4 is 4.72 Å². The number of Topliss-reactive ketones (excluding diaryl/α,β-unsaturated/α-hetero) is 1. The molecule has 0 aliphatic heterocycles. The van der Waals surface area contributed by atoms with E-state index in [4.69, 9.17) is 0 Å². The lowest BCUT2D eigenvalue weighted by Crippen LogP contribution is -2.09. The maximum Gasteiger partial charge on any atom is 0.229 e. The molecule has 1 aromatic heterocycles. The van der Waals surface area contributed by atoms with Crippen LogP contribution in [0.1, 0.15) is 28.7 Å². The summed E-state index contributed by atoms with van der Waals surface area (Å²) in [4.78, 5) is 19.8. The molecule has 0 radical (unpaired) electrons. The van der Waals surface area contributed by atoms with E-state index in [0.29, 0.717) is 17.1 Å². The normalized spacial score (nSPS) is 11.8. The average molecular weight is 432 g/mol. The van der Waals surface area contributed by atoms with Gasteiger partial charge in [-0.3, -0.25) is 9.52 Å². The zero-order valence-electron chi connectivity index (χ0n) is 17.1. The van der Waals surface area contributed by atoms with E-state index >= 15 is 0 Å². The van der Waals surface area contributed by atoms with Crippen LogP contribution in [0.15, 0.2) is 66.7 Å². The molecule has 0 unspecified atom stereocenters. The van der Waals surface area contributed by atoms with Gasteiger partial charge in [0.2, 0.25) is 10.0 Å². The molecule has 4 aromatic rings.